The van der Waals surface area contributed by atoms with Crippen LogP contribution >= 0.6 is 0 Å². The molecule has 1 aromatic rings. The summed E-state index contributed by atoms with van der Waals surface area (Å²) in [6.07, 6.45) is 2.74. The molecule has 114 valence electrons. The summed E-state index contributed by atoms with van der Waals surface area (Å²) in [7, 11) is 0. The third-order valence-electron chi connectivity index (χ3n) is 3.08. The first kappa shape index (κ1) is 15.2. The van der Waals surface area contributed by atoms with Crippen LogP contribution in [0.3, 0.4) is 0 Å². The molecule has 0 aromatic carbocycles. The van der Waals surface area contributed by atoms with Gasteiger partial charge in [-0.25, -0.2) is 4.98 Å². The monoisotopic (exact) mass is 299 g/mol. The van der Waals surface area contributed by atoms with E-state index >= 15 is 0 Å². The Kier molecular flexibility index (Phi) is 4.40. The quantitative estimate of drug-likeness (QED) is 0.929. The van der Waals surface area contributed by atoms with E-state index < -0.39 is 12.8 Å². The van der Waals surface area contributed by atoms with Crippen LogP contribution in [0.5, 0.6) is 5.88 Å². The molecule has 4 nitrogen and oxygen atoms in total. The molecule has 0 saturated carbocycles. The van der Waals surface area contributed by atoms with Crippen LogP contribution in [-0.2, 0) is 0 Å². The van der Waals surface area contributed by atoms with Crippen LogP contribution in [0, 0.1) is 0 Å². The van der Waals surface area contributed by atoms with Gasteiger partial charge in [-0.1, -0.05) is 6.07 Å². The Morgan fingerprint density at radius 2 is 2.19 bits per heavy atom. The molecule has 0 saturated heterocycles. The standard InChI is InChI=1S/C14H16F3N3O/c1-10(20-6-2-3-12(18)8-20)11-4-5-13(19-7-11)21-9-14(15,16)17/h2-7,10H,8-9,18H2,1H3. The minimum absolute atomic E-state index is 0.0117. The minimum Gasteiger partial charge on any atom is -0.468 e. The van der Waals surface area contributed by atoms with Crippen LogP contribution in [0.4, 0.5) is 13.2 Å². The number of aromatic nitrogens is 1. The summed E-state index contributed by atoms with van der Waals surface area (Å²) in [4.78, 5) is 5.91. The van der Waals surface area contributed by atoms with Gasteiger partial charge in [-0.05, 0) is 24.6 Å². The van der Waals surface area contributed by atoms with Crippen molar-refractivity contribution in [3.8, 4) is 5.88 Å². The fourth-order valence-corrected chi connectivity index (χ4v) is 1.93. The summed E-state index contributed by atoms with van der Waals surface area (Å²) in [5.74, 6) is -0.0446. The Morgan fingerprint density at radius 1 is 1.43 bits per heavy atom. The highest BCUT2D eigenvalue weighted by Crippen LogP contribution is 2.24. The lowest BCUT2D eigenvalue weighted by molar-refractivity contribution is -0.154. The zero-order valence-electron chi connectivity index (χ0n) is 11.5. The van der Waals surface area contributed by atoms with Crippen molar-refractivity contribution in [2.45, 2.75) is 19.1 Å². The van der Waals surface area contributed by atoms with E-state index in [1.807, 2.05) is 30.2 Å². The molecular formula is C14H16F3N3O. The number of halogens is 3. The summed E-state index contributed by atoms with van der Waals surface area (Å²) in [6, 6.07) is 3.15. The van der Waals surface area contributed by atoms with E-state index in [-0.39, 0.29) is 11.9 Å². The molecule has 2 heterocycles. The van der Waals surface area contributed by atoms with Crippen molar-refractivity contribution in [3.63, 3.8) is 0 Å². The van der Waals surface area contributed by atoms with Crippen LogP contribution in [0.15, 0.2) is 42.4 Å². The average Bonchev–Trinajstić information content (AvgIpc) is 2.44. The Morgan fingerprint density at radius 3 is 2.76 bits per heavy atom. The number of pyridine rings is 1. The lowest BCUT2D eigenvalue weighted by Crippen LogP contribution is -2.28. The molecule has 1 unspecified atom stereocenters. The van der Waals surface area contributed by atoms with Gasteiger partial charge in [0.15, 0.2) is 6.61 Å². The normalized spacial score (nSPS) is 16.6. The molecule has 0 amide bonds. The van der Waals surface area contributed by atoms with Crippen molar-refractivity contribution in [1.29, 1.82) is 0 Å². The molecule has 2 N–H and O–H groups in total. The van der Waals surface area contributed by atoms with Crippen LogP contribution in [0.25, 0.3) is 0 Å². The third-order valence-corrected chi connectivity index (χ3v) is 3.08. The molecule has 21 heavy (non-hydrogen) atoms. The van der Waals surface area contributed by atoms with Gasteiger partial charge in [0, 0.05) is 24.2 Å². The Bertz CT molecular complexity index is 537. The van der Waals surface area contributed by atoms with E-state index in [9.17, 15) is 13.2 Å². The van der Waals surface area contributed by atoms with E-state index in [0.717, 1.165) is 11.3 Å². The van der Waals surface area contributed by atoms with E-state index in [2.05, 4.69) is 9.72 Å². The molecule has 0 fully saturated rings. The first-order valence-corrected chi connectivity index (χ1v) is 6.39. The molecule has 0 aliphatic carbocycles. The van der Waals surface area contributed by atoms with Crippen molar-refractivity contribution in [2.24, 2.45) is 5.73 Å². The Labute approximate surface area is 120 Å². The van der Waals surface area contributed by atoms with E-state index in [1.54, 1.807) is 6.07 Å². The first-order chi connectivity index (χ1) is 9.85. The number of hydrogen-bond donors (Lipinski definition) is 1. The molecule has 1 aliphatic heterocycles. The van der Waals surface area contributed by atoms with E-state index in [1.165, 1.54) is 12.3 Å². The number of nitrogens with zero attached hydrogens (tertiary/aromatic N) is 2. The van der Waals surface area contributed by atoms with Gasteiger partial charge in [0.1, 0.15) is 0 Å². The van der Waals surface area contributed by atoms with Crippen LogP contribution in [0.1, 0.15) is 18.5 Å². The number of nitrogens with two attached hydrogens (primary N) is 1. The largest absolute Gasteiger partial charge is 0.468 e. The maximum absolute atomic E-state index is 12.0. The van der Waals surface area contributed by atoms with Crippen molar-refractivity contribution >= 4 is 0 Å². The smallest absolute Gasteiger partial charge is 0.422 e. The summed E-state index contributed by atoms with van der Waals surface area (Å²) in [5, 5.41) is 0. The van der Waals surface area contributed by atoms with E-state index in [0.29, 0.717) is 6.54 Å². The van der Waals surface area contributed by atoms with Gasteiger partial charge in [0.25, 0.3) is 0 Å². The summed E-state index contributed by atoms with van der Waals surface area (Å²) in [6.45, 7) is 1.23. The molecule has 7 heteroatoms. The second-order valence-electron chi connectivity index (χ2n) is 4.77. The van der Waals surface area contributed by atoms with Crippen molar-refractivity contribution in [1.82, 2.24) is 9.88 Å². The molecule has 1 aromatic heterocycles. The molecule has 0 bridgehead atoms. The molecule has 1 aliphatic rings. The molecular weight excluding hydrogens is 283 g/mol. The second-order valence-corrected chi connectivity index (χ2v) is 4.77. The van der Waals surface area contributed by atoms with Crippen LogP contribution in [0.2, 0.25) is 0 Å². The lowest BCUT2D eigenvalue weighted by atomic mass is 10.1. The fraction of sp³-hybridized carbons (Fsp3) is 0.357. The van der Waals surface area contributed by atoms with Gasteiger partial charge in [0.2, 0.25) is 5.88 Å². The SMILES string of the molecule is CC(c1ccc(OCC(F)(F)F)nc1)N1C=CC=C(N)C1. The zero-order chi connectivity index (χ0) is 15.5. The molecule has 1 atom stereocenters. The van der Waals surface area contributed by atoms with Crippen LogP contribution < -0.4 is 10.5 Å². The van der Waals surface area contributed by atoms with Gasteiger partial charge in [-0.2, -0.15) is 13.2 Å². The van der Waals surface area contributed by atoms with Crippen molar-refractivity contribution in [2.75, 3.05) is 13.2 Å². The summed E-state index contributed by atoms with van der Waals surface area (Å²) >= 11 is 0. The fourth-order valence-electron chi connectivity index (χ4n) is 1.93. The number of ether oxygens (including phenoxy) is 1. The van der Waals surface area contributed by atoms with Gasteiger partial charge in [-0.3, -0.25) is 0 Å². The Hall–Kier alpha value is -2.18. The Balaban J connectivity index is 1.98. The van der Waals surface area contributed by atoms with Gasteiger partial charge < -0.3 is 15.4 Å². The minimum atomic E-state index is -4.36. The number of rotatable bonds is 4. The maximum Gasteiger partial charge on any atom is 0.422 e. The highest BCUT2D eigenvalue weighted by Gasteiger charge is 2.28. The number of alkyl halides is 3. The van der Waals surface area contributed by atoms with Crippen molar-refractivity contribution < 1.29 is 17.9 Å². The van der Waals surface area contributed by atoms with Crippen LogP contribution in [-0.4, -0.2) is 29.2 Å². The maximum atomic E-state index is 12.0. The number of hydrogen-bond acceptors (Lipinski definition) is 4. The zero-order valence-corrected chi connectivity index (χ0v) is 11.5. The van der Waals surface area contributed by atoms with Gasteiger partial charge >= 0.3 is 6.18 Å². The highest BCUT2D eigenvalue weighted by molar-refractivity contribution is 5.23. The average molecular weight is 299 g/mol. The van der Waals surface area contributed by atoms with Gasteiger partial charge in [0.05, 0.1) is 12.6 Å². The second kappa shape index (κ2) is 6.07. The predicted octanol–water partition coefficient (Wildman–Crippen LogP) is 2.76. The van der Waals surface area contributed by atoms with E-state index in [4.69, 9.17) is 5.73 Å². The van der Waals surface area contributed by atoms with Gasteiger partial charge in [-0.15, -0.1) is 0 Å². The van der Waals surface area contributed by atoms with Crippen molar-refractivity contribution in [3.05, 3.63) is 47.9 Å². The highest BCUT2D eigenvalue weighted by atomic mass is 19.4. The first-order valence-electron chi connectivity index (χ1n) is 6.39. The summed E-state index contributed by atoms with van der Waals surface area (Å²) in [5.41, 5.74) is 7.39. The summed E-state index contributed by atoms with van der Waals surface area (Å²) < 4.78 is 40.7. The lowest BCUT2D eigenvalue weighted by Gasteiger charge is -2.29. The number of allylic oxidation sites excluding steroid dienone is 2. The topological polar surface area (TPSA) is 51.4 Å². The predicted molar refractivity (Wildman–Crippen MR) is 72.3 cm³/mol. The molecule has 2 rings (SSSR count). The molecule has 0 spiro atoms. The molecule has 0 radical (unpaired) electrons. The third kappa shape index (κ3) is 4.40.